The lowest BCUT2D eigenvalue weighted by Crippen LogP contribution is -2.35. The van der Waals surface area contributed by atoms with Gasteiger partial charge in [-0.2, -0.15) is 5.10 Å². The molecule has 0 spiro atoms. The van der Waals surface area contributed by atoms with Crippen LogP contribution >= 0.6 is 0 Å². The van der Waals surface area contributed by atoms with E-state index in [1.165, 1.54) is 10.9 Å². The van der Waals surface area contributed by atoms with Gasteiger partial charge in [-0.25, -0.2) is 0 Å². The van der Waals surface area contributed by atoms with Gasteiger partial charge >= 0.3 is 0 Å². The standard InChI is InChI=1S/C19H26N4O/c1-3-9-21-10-5-11-22(14-13-21)19(24)8-12-23-18-7-4-6-16(2)17(18)15-20-23/h3-4,6-7,15H,1,5,8-14H2,2H3. The lowest BCUT2D eigenvalue weighted by Gasteiger charge is -2.21. The van der Waals surface area contributed by atoms with Crippen molar-refractivity contribution in [1.82, 2.24) is 19.6 Å². The molecule has 0 saturated carbocycles. The third kappa shape index (κ3) is 3.67. The molecule has 0 unspecified atom stereocenters. The fourth-order valence-corrected chi connectivity index (χ4v) is 3.37. The van der Waals surface area contributed by atoms with Gasteiger partial charge in [0.2, 0.25) is 5.91 Å². The zero-order valence-electron chi connectivity index (χ0n) is 14.4. The molecule has 2 heterocycles. The average molecular weight is 326 g/mol. The Morgan fingerprint density at radius 1 is 1.29 bits per heavy atom. The first kappa shape index (κ1) is 16.7. The summed E-state index contributed by atoms with van der Waals surface area (Å²) in [4.78, 5) is 16.9. The van der Waals surface area contributed by atoms with Crippen molar-refractivity contribution < 1.29 is 4.79 Å². The van der Waals surface area contributed by atoms with Crippen molar-refractivity contribution in [3.05, 3.63) is 42.6 Å². The van der Waals surface area contributed by atoms with Crippen LogP contribution in [0.25, 0.3) is 10.9 Å². The maximum atomic E-state index is 12.6. The molecular weight excluding hydrogens is 300 g/mol. The second-order valence-electron chi connectivity index (χ2n) is 6.45. The molecule has 1 aliphatic rings. The Bertz CT molecular complexity index is 721. The summed E-state index contributed by atoms with van der Waals surface area (Å²) in [5.41, 5.74) is 2.33. The Kier molecular flexibility index (Phi) is 5.30. The second-order valence-corrected chi connectivity index (χ2v) is 6.45. The highest BCUT2D eigenvalue weighted by molar-refractivity contribution is 5.82. The van der Waals surface area contributed by atoms with Gasteiger partial charge in [-0.15, -0.1) is 6.58 Å². The van der Waals surface area contributed by atoms with Crippen LogP contribution in [0.2, 0.25) is 0 Å². The Labute approximate surface area is 143 Å². The summed E-state index contributed by atoms with van der Waals surface area (Å²) in [6, 6.07) is 6.20. The highest BCUT2D eigenvalue weighted by atomic mass is 16.2. The molecule has 128 valence electrons. The van der Waals surface area contributed by atoms with E-state index in [1.54, 1.807) is 0 Å². The molecule has 24 heavy (non-hydrogen) atoms. The highest BCUT2D eigenvalue weighted by Crippen LogP contribution is 2.18. The minimum Gasteiger partial charge on any atom is -0.341 e. The molecule has 2 aromatic rings. The van der Waals surface area contributed by atoms with Crippen LogP contribution in [-0.2, 0) is 11.3 Å². The van der Waals surface area contributed by atoms with Gasteiger partial charge < -0.3 is 4.90 Å². The molecule has 1 aliphatic heterocycles. The molecule has 5 nitrogen and oxygen atoms in total. The summed E-state index contributed by atoms with van der Waals surface area (Å²) in [5.74, 6) is 0.228. The van der Waals surface area contributed by atoms with Gasteiger partial charge in [-0.05, 0) is 25.0 Å². The van der Waals surface area contributed by atoms with Gasteiger partial charge in [0.1, 0.15) is 0 Å². The van der Waals surface area contributed by atoms with Crippen LogP contribution in [0, 0.1) is 6.92 Å². The van der Waals surface area contributed by atoms with Crippen LogP contribution in [0.3, 0.4) is 0 Å². The third-order valence-corrected chi connectivity index (χ3v) is 4.77. The quantitative estimate of drug-likeness (QED) is 0.793. The molecule has 0 N–H and O–H groups in total. The van der Waals surface area contributed by atoms with Crippen molar-refractivity contribution in [2.24, 2.45) is 0 Å². The Balaban J connectivity index is 1.58. The zero-order valence-corrected chi connectivity index (χ0v) is 14.4. The van der Waals surface area contributed by atoms with Crippen molar-refractivity contribution in [1.29, 1.82) is 0 Å². The number of carbonyl (C=O) groups is 1. The average Bonchev–Trinajstić information content (AvgIpc) is 2.85. The van der Waals surface area contributed by atoms with E-state index in [0.717, 1.165) is 44.7 Å². The van der Waals surface area contributed by atoms with Crippen LogP contribution in [0.1, 0.15) is 18.4 Å². The summed E-state index contributed by atoms with van der Waals surface area (Å²) in [6.45, 7) is 11.1. The number of hydrogen-bond acceptors (Lipinski definition) is 3. The largest absolute Gasteiger partial charge is 0.341 e. The Morgan fingerprint density at radius 3 is 3.00 bits per heavy atom. The van der Waals surface area contributed by atoms with Gasteiger partial charge in [0.05, 0.1) is 18.3 Å². The van der Waals surface area contributed by atoms with Crippen molar-refractivity contribution >= 4 is 16.8 Å². The zero-order chi connectivity index (χ0) is 16.9. The molecule has 1 aromatic carbocycles. The Hall–Kier alpha value is -2.14. The van der Waals surface area contributed by atoms with E-state index < -0.39 is 0 Å². The summed E-state index contributed by atoms with van der Waals surface area (Å²) in [6.07, 6.45) is 5.37. The summed E-state index contributed by atoms with van der Waals surface area (Å²) < 4.78 is 1.95. The molecule has 3 rings (SSSR count). The maximum Gasteiger partial charge on any atom is 0.224 e. The van der Waals surface area contributed by atoms with E-state index in [0.29, 0.717) is 13.0 Å². The summed E-state index contributed by atoms with van der Waals surface area (Å²) >= 11 is 0. The number of amides is 1. The molecule has 0 radical (unpaired) electrons. The normalized spacial score (nSPS) is 16.3. The van der Waals surface area contributed by atoms with Crippen molar-refractivity contribution in [3.63, 3.8) is 0 Å². The number of aryl methyl sites for hydroxylation is 2. The van der Waals surface area contributed by atoms with Crippen LogP contribution in [-0.4, -0.2) is 58.2 Å². The molecule has 1 aromatic heterocycles. The lowest BCUT2D eigenvalue weighted by atomic mass is 10.1. The minimum absolute atomic E-state index is 0.228. The molecular formula is C19H26N4O. The molecule has 1 saturated heterocycles. The topological polar surface area (TPSA) is 41.4 Å². The first-order valence-corrected chi connectivity index (χ1v) is 8.71. The summed E-state index contributed by atoms with van der Waals surface area (Å²) in [5, 5.41) is 5.62. The number of rotatable bonds is 5. The number of aromatic nitrogens is 2. The van der Waals surface area contributed by atoms with Crippen LogP contribution in [0.15, 0.2) is 37.1 Å². The first-order valence-electron chi connectivity index (χ1n) is 8.71. The molecule has 0 aliphatic carbocycles. The van der Waals surface area contributed by atoms with E-state index in [9.17, 15) is 4.79 Å². The van der Waals surface area contributed by atoms with E-state index in [4.69, 9.17) is 0 Å². The highest BCUT2D eigenvalue weighted by Gasteiger charge is 2.18. The van der Waals surface area contributed by atoms with Crippen LogP contribution in [0.4, 0.5) is 0 Å². The fraction of sp³-hybridized carbons (Fsp3) is 0.474. The fourth-order valence-electron chi connectivity index (χ4n) is 3.37. The smallest absolute Gasteiger partial charge is 0.224 e. The third-order valence-electron chi connectivity index (χ3n) is 4.77. The monoisotopic (exact) mass is 326 g/mol. The maximum absolute atomic E-state index is 12.6. The van der Waals surface area contributed by atoms with Crippen LogP contribution < -0.4 is 0 Å². The van der Waals surface area contributed by atoms with Crippen molar-refractivity contribution in [2.75, 3.05) is 32.7 Å². The predicted octanol–water partition coefficient (Wildman–Crippen LogP) is 2.46. The van der Waals surface area contributed by atoms with E-state index >= 15 is 0 Å². The number of nitrogens with zero attached hydrogens (tertiary/aromatic N) is 4. The summed E-state index contributed by atoms with van der Waals surface area (Å²) in [7, 11) is 0. The van der Waals surface area contributed by atoms with Crippen LogP contribution in [0.5, 0.6) is 0 Å². The molecule has 1 amide bonds. The lowest BCUT2D eigenvalue weighted by molar-refractivity contribution is -0.131. The van der Waals surface area contributed by atoms with Gasteiger partial charge in [-0.1, -0.05) is 18.2 Å². The first-order chi connectivity index (χ1) is 11.7. The van der Waals surface area contributed by atoms with Gasteiger partial charge in [0.25, 0.3) is 0 Å². The van der Waals surface area contributed by atoms with E-state index in [1.807, 2.05) is 27.9 Å². The van der Waals surface area contributed by atoms with E-state index in [2.05, 4.69) is 35.6 Å². The predicted molar refractivity (Wildman–Crippen MR) is 96.9 cm³/mol. The van der Waals surface area contributed by atoms with Crippen molar-refractivity contribution in [2.45, 2.75) is 26.3 Å². The molecule has 5 heteroatoms. The molecule has 1 fully saturated rings. The van der Waals surface area contributed by atoms with Crippen molar-refractivity contribution in [3.8, 4) is 0 Å². The molecule has 0 bridgehead atoms. The minimum atomic E-state index is 0.228. The number of carbonyl (C=O) groups excluding carboxylic acids is 1. The van der Waals surface area contributed by atoms with Gasteiger partial charge in [0, 0.05) is 44.5 Å². The SMILES string of the molecule is C=CCN1CCCN(C(=O)CCn2ncc3c(C)cccc32)CC1. The van der Waals surface area contributed by atoms with Gasteiger partial charge in [0.15, 0.2) is 0 Å². The number of fused-ring (bicyclic) bond motifs is 1. The number of hydrogen-bond donors (Lipinski definition) is 0. The second kappa shape index (κ2) is 7.62. The van der Waals surface area contributed by atoms with E-state index in [-0.39, 0.29) is 5.91 Å². The van der Waals surface area contributed by atoms with Gasteiger partial charge in [-0.3, -0.25) is 14.4 Å². The number of benzene rings is 1. The Morgan fingerprint density at radius 2 is 2.17 bits per heavy atom. The molecule has 0 atom stereocenters.